The van der Waals surface area contributed by atoms with E-state index in [1.807, 2.05) is 41.3 Å². The maximum atomic E-state index is 13.0. The number of nitrogens with zero attached hydrogens (tertiary/aromatic N) is 2. The number of hydrogen-bond donors (Lipinski definition) is 2. The van der Waals surface area contributed by atoms with Gasteiger partial charge in [-0.25, -0.2) is 0 Å². The molecule has 132 valence electrons. The van der Waals surface area contributed by atoms with Crippen LogP contribution in [-0.4, -0.2) is 39.4 Å². The zero-order valence-electron chi connectivity index (χ0n) is 14.3. The van der Waals surface area contributed by atoms with Crippen LogP contribution in [0, 0.1) is 0 Å². The summed E-state index contributed by atoms with van der Waals surface area (Å²) in [6.07, 6.45) is 6.44. The van der Waals surface area contributed by atoms with Gasteiger partial charge in [-0.2, -0.15) is 0 Å². The van der Waals surface area contributed by atoms with Crippen molar-refractivity contribution in [1.82, 2.24) is 15.2 Å². The summed E-state index contributed by atoms with van der Waals surface area (Å²) in [5.74, 6) is 0.0452. The van der Waals surface area contributed by atoms with Gasteiger partial charge in [0.25, 0.3) is 5.91 Å². The molecule has 0 saturated carbocycles. The van der Waals surface area contributed by atoms with Crippen LogP contribution >= 0.6 is 0 Å². The lowest BCUT2D eigenvalue weighted by Crippen LogP contribution is -2.64. The van der Waals surface area contributed by atoms with Crippen LogP contribution < -0.4 is 10.6 Å². The van der Waals surface area contributed by atoms with E-state index in [9.17, 15) is 9.59 Å². The molecule has 26 heavy (non-hydrogen) atoms. The van der Waals surface area contributed by atoms with E-state index in [0.717, 1.165) is 30.5 Å². The van der Waals surface area contributed by atoms with E-state index in [-0.39, 0.29) is 23.9 Å². The lowest BCUT2D eigenvalue weighted by Gasteiger charge is -2.43. The second-order valence-corrected chi connectivity index (χ2v) is 7.39. The van der Waals surface area contributed by atoms with Crippen molar-refractivity contribution in [2.24, 2.45) is 0 Å². The SMILES string of the molecule is O=C1N[C@@]2(C[C@H]3CC[C@@H]2N3C(=O)Cc2cccnc2)Nc2ccccc21. The molecule has 3 aliphatic rings. The molecule has 3 atom stereocenters. The monoisotopic (exact) mass is 348 g/mol. The van der Waals surface area contributed by atoms with Gasteiger partial charge in [0.2, 0.25) is 5.91 Å². The number of carbonyl (C=O) groups is 2. The van der Waals surface area contributed by atoms with Crippen molar-refractivity contribution >= 4 is 17.5 Å². The second-order valence-electron chi connectivity index (χ2n) is 7.39. The number of nitrogens with one attached hydrogen (secondary N) is 2. The molecule has 1 aromatic heterocycles. The third-order valence-corrected chi connectivity index (χ3v) is 5.86. The maximum absolute atomic E-state index is 13.0. The zero-order chi connectivity index (χ0) is 17.7. The average molecular weight is 348 g/mol. The Hall–Kier alpha value is -2.89. The first-order chi connectivity index (χ1) is 12.7. The highest BCUT2D eigenvalue weighted by Crippen LogP contribution is 2.46. The van der Waals surface area contributed by atoms with Crippen molar-refractivity contribution in [2.45, 2.75) is 43.4 Å². The molecule has 2 fully saturated rings. The molecule has 3 aliphatic heterocycles. The number of aromatic nitrogens is 1. The standard InChI is InChI=1S/C20H20N4O2/c25-18(10-13-4-3-9-21-12-13)24-14-7-8-17(24)20(11-14)22-16-6-2-1-5-15(16)19(26)23-20/h1-6,9,12,14,17,22H,7-8,10-11H2,(H,23,26)/t14-,17+,20-/m1/s1. The molecule has 5 rings (SSSR count). The van der Waals surface area contributed by atoms with Crippen LogP contribution in [0.15, 0.2) is 48.8 Å². The number of rotatable bonds is 2. The van der Waals surface area contributed by atoms with Gasteiger partial charge in [-0.1, -0.05) is 18.2 Å². The van der Waals surface area contributed by atoms with Crippen LogP contribution in [-0.2, 0) is 11.2 Å². The van der Waals surface area contributed by atoms with E-state index in [0.29, 0.717) is 12.0 Å². The molecule has 2 N–H and O–H groups in total. The fraction of sp³-hybridized carbons (Fsp3) is 0.350. The summed E-state index contributed by atoms with van der Waals surface area (Å²) in [5.41, 5.74) is 1.88. The fourth-order valence-corrected chi connectivity index (χ4v) is 4.82. The Kier molecular flexibility index (Phi) is 3.29. The minimum absolute atomic E-state index is 0.0195. The number of para-hydroxylation sites is 1. The topological polar surface area (TPSA) is 74.3 Å². The van der Waals surface area contributed by atoms with E-state index in [2.05, 4.69) is 15.6 Å². The molecule has 4 heterocycles. The Bertz CT molecular complexity index is 884. The Morgan fingerprint density at radius 2 is 2.08 bits per heavy atom. The third-order valence-electron chi connectivity index (χ3n) is 5.86. The largest absolute Gasteiger partial charge is 0.360 e. The Morgan fingerprint density at radius 1 is 1.19 bits per heavy atom. The lowest BCUT2D eigenvalue weighted by atomic mass is 9.86. The summed E-state index contributed by atoms with van der Waals surface area (Å²) in [7, 11) is 0. The van der Waals surface area contributed by atoms with Crippen molar-refractivity contribution in [2.75, 3.05) is 5.32 Å². The first kappa shape index (κ1) is 15.4. The number of fused-ring (bicyclic) bond motifs is 4. The minimum Gasteiger partial charge on any atom is -0.360 e. The van der Waals surface area contributed by atoms with E-state index >= 15 is 0 Å². The molecule has 2 bridgehead atoms. The van der Waals surface area contributed by atoms with Gasteiger partial charge in [0.15, 0.2) is 0 Å². The molecule has 6 nitrogen and oxygen atoms in total. The second kappa shape index (κ2) is 5.56. The smallest absolute Gasteiger partial charge is 0.255 e. The maximum Gasteiger partial charge on any atom is 0.255 e. The van der Waals surface area contributed by atoms with Gasteiger partial charge in [-0.15, -0.1) is 0 Å². The van der Waals surface area contributed by atoms with Gasteiger partial charge in [0, 0.05) is 30.5 Å². The third kappa shape index (κ3) is 2.21. The minimum atomic E-state index is -0.557. The van der Waals surface area contributed by atoms with Crippen molar-refractivity contribution < 1.29 is 9.59 Å². The molecule has 1 aromatic carbocycles. The molecular formula is C20H20N4O2. The zero-order valence-corrected chi connectivity index (χ0v) is 14.3. The fourth-order valence-electron chi connectivity index (χ4n) is 4.82. The Labute approximate surface area is 151 Å². The average Bonchev–Trinajstić information content (AvgIpc) is 3.18. The predicted molar refractivity (Wildman–Crippen MR) is 96.5 cm³/mol. The van der Waals surface area contributed by atoms with E-state index in [1.165, 1.54) is 0 Å². The number of anilines is 1. The summed E-state index contributed by atoms with van der Waals surface area (Å²) < 4.78 is 0. The molecule has 1 spiro atoms. The summed E-state index contributed by atoms with van der Waals surface area (Å²) in [5, 5.41) is 6.72. The van der Waals surface area contributed by atoms with Crippen LogP contribution in [0.25, 0.3) is 0 Å². The number of amides is 2. The van der Waals surface area contributed by atoms with Crippen LogP contribution in [0.3, 0.4) is 0 Å². The molecule has 6 heteroatoms. The first-order valence-corrected chi connectivity index (χ1v) is 9.06. The van der Waals surface area contributed by atoms with Crippen LogP contribution in [0.2, 0.25) is 0 Å². The van der Waals surface area contributed by atoms with Crippen LogP contribution in [0.4, 0.5) is 5.69 Å². The van der Waals surface area contributed by atoms with Crippen LogP contribution in [0.5, 0.6) is 0 Å². The molecule has 2 saturated heterocycles. The van der Waals surface area contributed by atoms with Crippen molar-refractivity contribution in [3.05, 3.63) is 59.9 Å². The van der Waals surface area contributed by atoms with Gasteiger partial charge in [0.1, 0.15) is 5.66 Å². The molecule has 0 unspecified atom stereocenters. The van der Waals surface area contributed by atoms with Crippen molar-refractivity contribution in [3.63, 3.8) is 0 Å². The van der Waals surface area contributed by atoms with Gasteiger partial charge in [0.05, 0.1) is 18.0 Å². The van der Waals surface area contributed by atoms with Crippen molar-refractivity contribution in [3.8, 4) is 0 Å². The summed E-state index contributed by atoms with van der Waals surface area (Å²) in [6.45, 7) is 0. The first-order valence-electron chi connectivity index (χ1n) is 9.06. The predicted octanol–water partition coefficient (Wildman–Crippen LogP) is 1.94. The summed E-state index contributed by atoms with van der Waals surface area (Å²) in [4.78, 5) is 31.7. The molecule has 2 amide bonds. The highest BCUT2D eigenvalue weighted by Gasteiger charge is 2.59. The number of benzene rings is 1. The van der Waals surface area contributed by atoms with E-state index < -0.39 is 5.66 Å². The Morgan fingerprint density at radius 3 is 2.92 bits per heavy atom. The highest BCUT2D eigenvalue weighted by atomic mass is 16.2. The normalized spacial score (nSPS) is 28.6. The quantitative estimate of drug-likeness (QED) is 0.870. The number of pyridine rings is 1. The van der Waals surface area contributed by atoms with Crippen molar-refractivity contribution in [1.29, 1.82) is 0 Å². The summed E-state index contributed by atoms with van der Waals surface area (Å²) in [6, 6.07) is 11.5. The van der Waals surface area contributed by atoms with E-state index in [1.54, 1.807) is 12.4 Å². The molecule has 2 aromatic rings. The number of carbonyl (C=O) groups excluding carboxylic acids is 2. The van der Waals surface area contributed by atoms with Gasteiger partial charge >= 0.3 is 0 Å². The van der Waals surface area contributed by atoms with Gasteiger partial charge in [-0.05, 0) is 36.6 Å². The molecule has 0 aliphatic carbocycles. The highest BCUT2D eigenvalue weighted by molar-refractivity contribution is 6.02. The van der Waals surface area contributed by atoms with Gasteiger partial charge in [-0.3, -0.25) is 14.6 Å². The molecule has 0 radical (unpaired) electrons. The van der Waals surface area contributed by atoms with Gasteiger partial charge < -0.3 is 15.5 Å². The van der Waals surface area contributed by atoms with Crippen LogP contribution in [0.1, 0.15) is 35.2 Å². The summed E-state index contributed by atoms with van der Waals surface area (Å²) >= 11 is 0. The number of hydrogen-bond acceptors (Lipinski definition) is 4. The lowest BCUT2D eigenvalue weighted by molar-refractivity contribution is -0.132. The molecular weight excluding hydrogens is 328 g/mol. The van der Waals surface area contributed by atoms with E-state index in [4.69, 9.17) is 0 Å². The Balaban J connectivity index is 1.43.